The molecule has 0 fully saturated rings. The van der Waals surface area contributed by atoms with Gasteiger partial charge in [-0.05, 0) is 26.0 Å². The smallest absolute Gasteiger partial charge is 0.0786 e. The summed E-state index contributed by atoms with van der Waals surface area (Å²) in [6.07, 6.45) is 4.11. The molecule has 62 valence electrons. The van der Waals surface area contributed by atoms with Crippen molar-refractivity contribution < 1.29 is 0 Å². The molecule has 0 radical (unpaired) electrons. The lowest BCUT2D eigenvalue weighted by Gasteiger charge is -2.13. The van der Waals surface area contributed by atoms with Gasteiger partial charge in [-0.3, -0.25) is 4.99 Å². The van der Waals surface area contributed by atoms with Gasteiger partial charge >= 0.3 is 0 Å². The lowest BCUT2D eigenvalue weighted by Crippen LogP contribution is -2.17. The summed E-state index contributed by atoms with van der Waals surface area (Å²) >= 11 is 0. The largest absolute Gasteiger partial charge is 0.300 e. The Kier molecular flexibility index (Phi) is 3.08. The molecule has 3 heteroatoms. The van der Waals surface area contributed by atoms with E-state index in [-0.39, 0.29) is 0 Å². The van der Waals surface area contributed by atoms with Crippen LogP contribution in [0.25, 0.3) is 0 Å². The second kappa shape index (κ2) is 4.11. The zero-order valence-corrected chi connectivity index (χ0v) is 7.25. The number of hydrogen-bond acceptors (Lipinski definition) is 3. The minimum absolute atomic E-state index is 0.796. The number of hydrogen-bond donors (Lipinski definition) is 0. The Bertz CT molecular complexity index is 172. The van der Waals surface area contributed by atoms with Crippen LogP contribution in [0.15, 0.2) is 10.1 Å². The standard InChI is InChI=1S/C8H15N3/c1-3-11(2)10-8-5-4-6-9-7-8/h6H,3-5,7H2,1-2H3. The summed E-state index contributed by atoms with van der Waals surface area (Å²) in [6.45, 7) is 3.85. The molecule has 11 heavy (non-hydrogen) atoms. The Labute approximate surface area is 67.8 Å². The maximum atomic E-state index is 4.39. The number of nitrogens with zero attached hydrogens (tertiary/aromatic N) is 3. The van der Waals surface area contributed by atoms with E-state index in [0.29, 0.717) is 0 Å². The topological polar surface area (TPSA) is 28.0 Å². The Hall–Kier alpha value is -0.860. The molecule has 0 atom stereocenters. The zero-order valence-electron chi connectivity index (χ0n) is 7.25. The average molecular weight is 153 g/mol. The first-order chi connectivity index (χ1) is 5.33. The minimum atomic E-state index is 0.796. The molecule has 0 N–H and O–H groups in total. The molecule has 0 aromatic rings. The highest BCUT2D eigenvalue weighted by Crippen LogP contribution is 1.99. The van der Waals surface area contributed by atoms with Crippen LogP contribution in [0.1, 0.15) is 19.8 Å². The normalized spacial score (nSPS) is 20.7. The van der Waals surface area contributed by atoms with Gasteiger partial charge in [-0.15, -0.1) is 0 Å². The predicted octanol–water partition coefficient (Wildman–Crippen LogP) is 1.16. The number of rotatable bonds is 2. The fourth-order valence-electron chi connectivity index (χ4n) is 0.965. The average Bonchev–Trinajstić information content (AvgIpc) is 2.06. The van der Waals surface area contributed by atoms with Crippen molar-refractivity contribution >= 4 is 11.9 Å². The zero-order chi connectivity index (χ0) is 8.10. The monoisotopic (exact) mass is 153 g/mol. The van der Waals surface area contributed by atoms with Crippen molar-refractivity contribution in [3.63, 3.8) is 0 Å². The van der Waals surface area contributed by atoms with Crippen LogP contribution in [-0.4, -0.2) is 37.1 Å². The van der Waals surface area contributed by atoms with Crippen LogP contribution < -0.4 is 0 Å². The van der Waals surface area contributed by atoms with Crippen molar-refractivity contribution in [3.05, 3.63) is 0 Å². The van der Waals surface area contributed by atoms with Gasteiger partial charge in [-0.1, -0.05) is 0 Å². The maximum absolute atomic E-state index is 4.39. The summed E-state index contributed by atoms with van der Waals surface area (Å²) in [5, 5.41) is 6.35. The van der Waals surface area contributed by atoms with E-state index >= 15 is 0 Å². The molecule has 1 rings (SSSR count). The van der Waals surface area contributed by atoms with Gasteiger partial charge < -0.3 is 5.01 Å². The lowest BCUT2D eigenvalue weighted by molar-refractivity contribution is 0.373. The summed E-state index contributed by atoms with van der Waals surface area (Å²) < 4.78 is 0. The third kappa shape index (κ3) is 2.70. The highest BCUT2D eigenvalue weighted by atomic mass is 15.4. The Balaban J connectivity index is 2.45. The van der Waals surface area contributed by atoms with E-state index in [2.05, 4.69) is 17.0 Å². The highest BCUT2D eigenvalue weighted by molar-refractivity contribution is 5.90. The van der Waals surface area contributed by atoms with E-state index < -0.39 is 0 Å². The van der Waals surface area contributed by atoms with Gasteiger partial charge in [0, 0.05) is 13.6 Å². The van der Waals surface area contributed by atoms with Crippen LogP contribution in [0.3, 0.4) is 0 Å². The molecule has 0 aromatic carbocycles. The van der Waals surface area contributed by atoms with Crippen LogP contribution in [0, 0.1) is 0 Å². The van der Waals surface area contributed by atoms with E-state index in [4.69, 9.17) is 0 Å². The lowest BCUT2D eigenvalue weighted by atomic mass is 10.2. The molecule has 0 saturated carbocycles. The summed E-state index contributed by atoms with van der Waals surface area (Å²) in [4.78, 5) is 4.16. The van der Waals surface area contributed by atoms with Crippen molar-refractivity contribution in [2.75, 3.05) is 20.1 Å². The van der Waals surface area contributed by atoms with E-state index in [1.54, 1.807) is 0 Å². The molecule has 0 aromatic heterocycles. The first-order valence-corrected chi connectivity index (χ1v) is 4.08. The molecule has 1 aliphatic rings. The van der Waals surface area contributed by atoms with Gasteiger partial charge in [0.1, 0.15) is 0 Å². The van der Waals surface area contributed by atoms with Crippen molar-refractivity contribution in [3.8, 4) is 0 Å². The van der Waals surface area contributed by atoms with Gasteiger partial charge in [-0.2, -0.15) is 5.10 Å². The SMILES string of the molecule is CCN(C)N=C1CCC=NC1. The van der Waals surface area contributed by atoms with E-state index in [0.717, 1.165) is 25.9 Å². The molecule has 1 aliphatic heterocycles. The molecule has 0 spiro atoms. The molecule has 0 unspecified atom stereocenters. The van der Waals surface area contributed by atoms with Crippen LogP contribution in [0.2, 0.25) is 0 Å². The van der Waals surface area contributed by atoms with Crippen LogP contribution in [0.5, 0.6) is 0 Å². The van der Waals surface area contributed by atoms with Crippen LogP contribution in [-0.2, 0) is 0 Å². The second-order valence-electron chi connectivity index (χ2n) is 2.70. The van der Waals surface area contributed by atoms with Gasteiger partial charge in [0.05, 0.1) is 12.3 Å². The Morgan fingerprint density at radius 2 is 2.55 bits per heavy atom. The molecule has 1 heterocycles. The van der Waals surface area contributed by atoms with E-state index in [1.807, 2.05) is 18.3 Å². The fraction of sp³-hybridized carbons (Fsp3) is 0.750. The number of aliphatic imine (C=N–C) groups is 1. The first-order valence-electron chi connectivity index (χ1n) is 4.08. The first kappa shape index (κ1) is 8.24. The third-order valence-corrected chi connectivity index (χ3v) is 1.73. The van der Waals surface area contributed by atoms with E-state index in [1.165, 1.54) is 5.71 Å². The Morgan fingerprint density at radius 1 is 1.73 bits per heavy atom. The highest BCUT2D eigenvalue weighted by Gasteiger charge is 2.02. The summed E-state index contributed by atoms with van der Waals surface area (Å²) in [7, 11) is 1.99. The predicted molar refractivity (Wildman–Crippen MR) is 48.3 cm³/mol. The molecule has 0 aliphatic carbocycles. The quantitative estimate of drug-likeness (QED) is 0.547. The molecule has 0 amide bonds. The van der Waals surface area contributed by atoms with E-state index in [9.17, 15) is 0 Å². The van der Waals surface area contributed by atoms with Crippen LogP contribution in [0.4, 0.5) is 0 Å². The molecule has 3 nitrogen and oxygen atoms in total. The second-order valence-corrected chi connectivity index (χ2v) is 2.70. The van der Waals surface area contributed by atoms with Crippen molar-refractivity contribution in [1.29, 1.82) is 0 Å². The molecule has 0 bridgehead atoms. The van der Waals surface area contributed by atoms with Crippen LogP contribution >= 0.6 is 0 Å². The molecular weight excluding hydrogens is 138 g/mol. The third-order valence-electron chi connectivity index (χ3n) is 1.73. The van der Waals surface area contributed by atoms with Crippen molar-refractivity contribution in [2.45, 2.75) is 19.8 Å². The Morgan fingerprint density at radius 3 is 3.09 bits per heavy atom. The van der Waals surface area contributed by atoms with Crippen molar-refractivity contribution in [1.82, 2.24) is 5.01 Å². The minimum Gasteiger partial charge on any atom is -0.300 e. The van der Waals surface area contributed by atoms with Gasteiger partial charge in [0.25, 0.3) is 0 Å². The van der Waals surface area contributed by atoms with Gasteiger partial charge in [-0.25, -0.2) is 0 Å². The fourth-order valence-corrected chi connectivity index (χ4v) is 0.965. The molecular formula is C8H15N3. The van der Waals surface area contributed by atoms with Gasteiger partial charge in [0.2, 0.25) is 0 Å². The van der Waals surface area contributed by atoms with Gasteiger partial charge in [0.15, 0.2) is 0 Å². The molecule has 0 saturated heterocycles. The maximum Gasteiger partial charge on any atom is 0.0786 e. The number of hydrazone groups is 1. The summed E-state index contributed by atoms with van der Waals surface area (Å²) in [6, 6.07) is 0. The van der Waals surface area contributed by atoms with Crippen molar-refractivity contribution in [2.24, 2.45) is 10.1 Å². The summed E-state index contributed by atoms with van der Waals surface area (Å²) in [5.41, 5.74) is 1.21. The summed E-state index contributed by atoms with van der Waals surface area (Å²) in [5.74, 6) is 0.